The van der Waals surface area contributed by atoms with E-state index in [9.17, 15) is 4.79 Å². The Kier molecular flexibility index (Phi) is 5.41. The van der Waals surface area contributed by atoms with Crippen molar-refractivity contribution in [1.82, 2.24) is 9.88 Å². The van der Waals surface area contributed by atoms with E-state index in [2.05, 4.69) is 52.4 Å². The lowest BCUT2D eigenvalue weighted by atomic mass is 9.90. The van der Waals surface area contributed by atoms with Gasteiger partial charge in [-0.25, -0.2) is 0 Å². The number of aromatic amines is 1. The van der Waals surface area contributed by atoms with Crippen LogP contribution in [-0.2, 0) is 12.8 Å². The van der Waals surface area contributed by atoms with Crippen molar-refractivity contribution < 1.29 is 4.74 Å². The summed E-state index contributed by atoms with van der Waals surface area (Å²) >= 11 is 0. The summed E-state index contributed by atoms with van der Waals surface area (Å²) in [5, 5.41) is 1.15. The van der Waals surface area contributed by atoms with Crippen LogP contribution in [0.4, 0.5) is 0 Å². The number of pyridine rings is 1. The third-order valence-electron chi connectivity index (χ3n) is 6.42. The summed E-state index contributed by atoms with van der Waals surface area (Å²) in [6, 6.07) is 16.7. The van der Waals surface area contributed by atoms with Gasteiger partial charge < -0.3 is 9.72 Å². The van der Waals surface area contributed by atoms with Gasteiger partial charge in [-0.1, -0.05) is 36.4 Å². The van der Waals surface area contributed by atoms with Crippen molar-refractivity contribution in [3.63, 3.8) is 0 Å². The fraction of sp³-hybridized carbons (Fsp3) is 0.346. The standard InChI is InChI=1S/C26H28N2O2/c29-26-23-9-5-4-8-22(23)24-18-21(10-11-25(24)27-26)30-17-16-28-14-12-20(13-15-28)19-6-2-1-3-7-19/h1-3,6-7,10-12,18H,4-5,8-9,13-17H2,(H,27,29). The molecule has 2 heterocycles. The van der Waals surface area contributed by atoms with E-state index in [1.54, 1.807) is 0 Å². The van der Waals surface area contributed by atoms with Crippen LogP contribution in [0.25, 0.3) is 16.5 Å². The maximum absolute atomic E-state index is 12.3. The van der Waals surface area contributed by atoms with Crippen LogP contribution < -0.4 is 10.3 Å². The fourth-order valence-electron chi connectivity index (χ4n) is 4.74. The SMILES string of the molecule is O=c1[nH]c2ccc(OCCN3CC=C(c4ccccc4)CC3)cc2c2c1CCCC2. The van der Waals surface area contributed by atoms with Crippen molar-refractivity contribution in [3.05, 3.63) is 81.7 Å². The zero-order chi connectivity index (χ0) is 20.3. The number of fused-ring (bicyclic) bond motifs is 3. The van der Waals surface area contributed by atoms with Crippen molar-refractivity contribution in [3.8, 4) is 5.75 Å². The Hall–Kier alpha value is -2.85. The van der Waals surface area contributed by atoms with Gasteiger partial charge in [-0.3, -0.25) is 9.69 Å². The van der Waals surface area contributed by atoms with Crippen molar-refractivity contribution in [2.24, 2.45) is 0 Å². The molecule has 4 nitrogen and oxygen atoms in total. The molecule has 1 aliphatic carbocycles. The molecule has 154 valence electrons. The molecule has 0 saturated carbocycles. The molecule has 0 amide bonds. The Balaban J connectivity index is 1.23. The first-order valence-electron chi connectivity index (χ1n) is 11.1. The predicted molar refractivity (Wildman–Crippen MR) is 122 cm³/mol. The Morgan fingerprint density at radius 3 is 2.60 bits per heavy atom. The summed E-state index contributed by atoms with van der Waals surface area (Å²) < 4.78 is 6.10. The van der Waals surface area contributed by atoms with Gasteiger partial charge in [-0.05, 0) is 67.0 Å². The average molecular weight is 401 g/mol. The van der Waals surface area contributed by atoms with Crippen LogP contribution in [0.2, 0.25) is 0 Å². The van der Waals surface area contributed by atoms with Crippen LogP contribution in [0.5, 0.6) is 5.75 Å². The molecule has 4 heteroatoms. The molecule has 0 bridgehead atoms. The Morgan fingerprint density at radius 1 is 0.967 bits per heavy atom. The first-order valence-corrected chi connectivity index (χ1v) is 11.1. The second kappa shape index (κ2) is 8.49. The molecule has 0 saturated heterocycles. The lowest BCUT2D eigenvalue weighted by Gasteiger charge is -2.26. The molecule has 0 radical (unpaired) electrons. The van der Waals surface area contributed by atoms with Crippen molar-refractivity contribution >= 4 is 16.5 Å². The largest absolute Gasteiger partial charge is 0.492 e. The number of benzene rings is 2. The summed E-state index contributed by atoms with van der Waals surface area (Å²) in [6.45, 7) is 3.63. The molecule has 0 fully saturated rings. The first-order chi connectivity index (χ1) is 14.8. The van der Waals surface area contributed by atoms with E-state index in [-0.39, 0.29) is 5.56 Å². The topological polar surface area (TPSA) is 45.3 Å². The van der Waals surface area contributed by atoms with Crippen molar-refractivity contribution in [2.45, 2.75) is 32.1 Å². The molecule has 1 aromatic heterocycles. The molecule has 0 spiro atoms. The van der Waals surface area contributed by atoms with Gasteiger partial charge in [0.05, 0.1) is 0 Å². The van der Waals surface area contributed by atoms with E-state index in [4.69, 9.17) is 4.74 Å². The molecule has 2 aromatic carbocycles. The van der Waals surface area contributed by atoms with E-state index in [1.807, 2.05) is 12.1 Å². The maximum atomic E-state index is 12.3. The molecule has 3 aromatic rings. The second-order valence-corrected chi connectivity index (χ2v) is 8.32. The third-order valence-corrected chi connectivity index (χ3v) is 6.42. The summed E-state index contributed by atoms with van der Waals surface area (Å²) in [4.78, 5) is 17.8. The molecule has 2 aliphatic rings. The summed E-state index contributed by atoms with van der Waals surface area (Å²) in [6.07, 6.45) is 7.57. The Morgan fingerprint density at radius 2 is 1.80 bits per heavy atom. The predicted octanol–water partition coefficient (Wildman–Crippen LogP) is 4.58. The quantitative estimate of drug-likeness (QED) is 0.682. The molecular formula is C26H28N2O2. The van der Waals surface area contributed by atoms with Gasteiger partial charge >= 0.3 is 0 Å². The number of hydrogen-bond donors (Lipinski definition) is 1. The number of nitrogens with zero attached hydrogens (tertiary/aromatic N) is 1. The Bertz CT molecular complexity index is 1130. The van der Waals surface area contributed by atoms with Crippen molar-refractivity contribution in [1.29, 1.82) is 0 Å². The molecule has 0 atom stereocenters. The molecule has 0 unspecified atom stereocenters. The summed E-state index contributed by atoms with van der Waals surface area (Å²) in [5.41, 5.74) is 5.98. The normalized spacial score (nSPS) is 16.9. The van der Waals surface area contributed by atoms with Crippen LogP contribution >= 0.6 is 0 Å². The monoisotopic (exact) mass is 400 g/mol. The van der Waals surface area contributed by atoms with E-state index in [0.29, 0.717) is 6.61 Å². The van der Waals surface area contributed by atoms with Gasteiger partial charge in [0, 0.05) is 36.1 Å². The fourth-order valence-corrected chi connectivity index (χ4v) is 4.74. The van der Waals surface area contributed by atoms with Gasteiger partial charge in [-0.15, -0.1) is 0 Å². The smallest absolute Gasteiger partial charge is 0.251 e. The number of aromatic nitrogens is 1. The van der Waals surface area contributed by atoms with E-state index >= 15 is 0 Å². The third kappa shape index (κ3) is 3.92. The van der Waals surface area contributed by atoms with Crippen LogP contribution in [0, 0.1) is 0 Å². The highest BCUT2D eigenvalue weighted by molar-refractivity contribution is 5.84. The van der Waals surface area contributed by atoms with E-state index in [1.165, 1.54) is 16.7 Å². The first kappa shape index (κ1) is 19.1. The number of hydrogen-bond acceptors (Lipinski definition) is 3. The van der Waals surface area contributed by atoms with Gasteiger partial charge in [0.15, 0.2) is 0 Å². The minimum atomic E-state index is 0.0823. The van der Waals surface area contributed by atoms with Crippen LogP contribution in [-0.4, -0.2) is 36.1 Å². The minimum absolute atomic E-state index is 0.0823. The lowest BCUT2D eigenvalue weighted by Crippen LogP contribution is -2.32. The number of H-pyrrole nitrogens is 1. The van der Waals surface area contributed by atoms with Gasteiger partial charge in [0.2, 0.25) is 0 Å². The number of nitrogens with one attached hydrogen (secondary N) is 1. The molecule has 1 aliphatic heterocycles. The number of ether oxygens (including phenoxy) is 1. The van der Waals surface area contributed by atoms with Gasteiger partial charge in [0.1, 0.15) is 12.4 Å². The van der Waals surface area contributed by atoms with Gasteiger partial charge in [-0.2, -0.15) is 0 Å². The highest BCUT2D eigenvalue weighted by Crippen LogP contribution is 2.28. The van der Waals surface area contributed by atoms with Gasteiger partial charge in [0.25, 0.3) is 5.56 Å². The average Bonchev–Trinajstić information content (AvgIpc) is 2.81. The molecular weight excluding hydrogens is 372 g/mol. The van der Waals surface area contributed by atoms with Crippen LogP contribution in [0.15, 0.2) is 59.4 Å². The Labute approximate surface area is 177 Å². The number of rotatable bonds is 5. The molecule has 30 heavy (non-hydrogen) atoms. The van der Waals surface area contributed by atoms with Crippen LogP contribution in [0.1, 0.15) is 36.0 Å². The second-order valence-electron chi connectivity index (χ2n) is 8.32. The zero-order valence-corrected chi connectivity index (χ0v) is 17.3. The minimum Gasteiger partial charge on any atom is -0.492 e. The highest BCUT2D eigenvalue weighted by Gasteiger charge is 2.17. The number of aryl methyl sites for hydroxylation is 1. The molecule has 5 rings (SSSR count). The maximum Gasteiger partial charge on any atom is 0.251 e. The van der Waals surface area contributed by atoms with E-state index < -0.39 is 0 Å². The lowest BCUT2D eigenvalue weighted by molar-refractivity contribution is 0.222. The molecule has 1 N–H and O–H groups in total. The van der Waals surface area contributed by atoms with E-state index in [0.717, 1.165) is 74.0 Å². The summed E-state index contributed by atoms with van der Waals surface area (Å²) in [5.74, 6) is 0.889. The zero-order valence-electron chi connectivity index (χ0n) is 17.3. The van der Waals surface area contributed by atoms with Crippen LogP contribution in [0.3, 0.4) is 0 Å². The highest BCUT2D eigenvalue weighted by atomic mass is 16.5. The van der Waals surface area contributed by atoms with Crippen molar-refractivity contribution in [2.75, 3.05) is 26.2 Å². The summed E-state index contributed by atoms with van der Waals surface area (Å²) in [7, 11) is 0.